The Morgan fingerprint density at radius 1 is 0.921 bits per heavy atom. The van der Waals surface area contributed by atoms with Crippen molar-refractivity contribution in [2.75, 3.05) is 5.75 Å². The molecule has 3 atom stereocenters. The molecule has 38 heavy (non-hydrogen) atoms. The Hall–Kier alpha value is -3.33. The van der Waals surface area contributed by atoms with Crippen molar-refractivity contribution < 1.29 is 19.5 Å². The fraction of sp³-hybridized carbons (Fsp3) is 0.276. The van der Waals surface area contributed by atoms with Gasteiger partial charge >= 0.3 is 5.97 Å². The van der Waals surface area contributed by atoms with Crippen LogP contribution in [0.1, 0.15) is 36.9 Å². The van der Waals surface area contributed by atoms with Crippen molar-refractivity contribution >= 4 is 41.1 Å². The minimum Gasteiger partial charge on any atom is -0.480 e. The number of aliphatic carboxylic acids is 1. The molecular formula is C29H32ClN3O4S. The Bertz CT molecular complexity index is 1210. The van der Waals surface area contributed by atoms with E-state index in [0.29, 0.717) is 16.5 Å². The van der Waals surface area contributed by atoms with E-state index in [4.69, 9.17) is 22.4 Å². The Morgan fingerprint density at radius 2 is 1.55 bits per heavy atom. The van der Waals surface area contributed by atoms with Crippen molar-refractivity contribution in [1.29, 1.82) is 0 Å². The van der Waals surface area contributed by atoms with Crippen molar-refractivity contribution in [3.8, 4) is 11.1 Å². The molecule has 3 rings (SSSR count). The lowest BCUT2D eigenvalue weighted by Crippen LogP contribution is -2.49. The van der Waals surface area contributed by atoms with Crippen LogP contribution in [0.15, 0.2) is 78.9 Å². The van der Waals surface area contributed by atoms with Gasteiger partial charge in [-0.05, 0) is 47.7 Å². The lowest BCUT2D eigenvalue weighted by atomic mass is 10.0. The van der Waals surface area contributed by atoms with Crippen LogP contribution in [0.3, 0.4) is 0 Å². The van der Waals surface area contributed by atoms with Gasteiger partial charge in [0.2, 0.25) is 11.8 Å². The number of carboxylic acid groups (broad SMARTS) is 1. The molecule has 3 aromatic carbocycles. The third kappa shape index (κ3) is 9.20. The van der Waals surface area contributed by atoms with Crippen LogP contribution in [-0.2, 0) is 20.1 Å². The first-order valence-corrected chi connectivity index (χ1v) is 13.8. The highest BCUT2D eigenvalue weighted by molar-refractivity contribution is 7.98. The Kier molecular flexibility index (Phi) is 11.2. The fourth-order valence-corrected chi connectivity index (χ4v) is 4.87. The molecular weight excluding hydrogens is 522 g/mol. The Labute approximate surface area is 232 Å². The molecule has 2 amide bonds. The summed E-state index contributed by atoms with van der Waals surface area (Å²) in [6.45, 7) is 1.85. The summed E-state index contributed by atoms with van der Waals surface area (Å²) in [7, 11) is 0. The molecule has 9 heteroatoms. The number of carbonyl (C=O) groups excluding carboxylic acids is 2. The van der Waals surface area contributed by atoms with Crippen LogP contribution >= 0.6 is 23.4 Å². The summed E-state index contributed by atoms with van der Waals surface area (Å²) in [5.74, 6) is -0.913. The van der Waals surface area contributed by atoms with Crippen LogP contribution in [0.4, 0.5) is 0 Å². The molecule has 0 spiro atoms. The number of carbonyl (C=O) groups is 3. The third-order valence-corrected chi connectivity index (χ3v) is 7.35. The van der Waals surface area contributed by atoms with Gasteiger partial charge in [0.15, 0.2) is 0 Å². The standard InChI is InChI=1S/C29H32ClN3O4S/c1-19(21-11-13-24(30)14-12-21)32-28(35)26(33-27(34)16-15-25(31)29(36)37)18-38-17-20-7-9-23(10-8-20)22-5-3-2-4-6-22/h2-14,19,25-26H,15-18,31H2,1H3,(H,32,35)(H,33,34)(H,36,37)/t19-,25-,26-/m0/s1. The zero-order valence-corrected chi connectivity index (χ0v) is 22.7. The lowest BCUT2D eigenvalue weighted by Gasteiger charge is -2.22. The summed E-state index contributed by atoms with van der Waals surface area (Å²) < 4.78 is 0. The van der Waals surface area contributed by atoms with E-state index in [2.05, 4.69) is 47.0 Å². The van der Waals surface area contributed by atoms with Crippen LogP contribution < -0.4 is 16.4 Å². The molecule has 0 aromatic heterocycles. The van der Waals surface area contributed by atoms with Crippen LogP contribution in [0.25, 0.3) is 11.1 Å². The largest absolute Gasteiger partial charge is 0.480 e. The van der Waals surface area contributed by atoms with Crippen molar-refractivity contribution in [1.82, 2.24) is 10.6 Å². The predicted octanol–water partition coefficient (Wildman–Crippen LogP) is 4.79. The average Bonchev–Trinajstić information content (AvgIpc) is 2.92. The van der Waals surface area contributed by atoms with E-state index in [1.54, 1.807) is 12.1 Å². The number of amides is 2. The minimum absolute atomic E-state index is 0.0163. The van der Waals surface area contributed by atoms with E-state index in [1.165, 1.54) is 11.8 Å². The van der Waals surface area contributed by atoms with Gasteiger partial charge in [-0.3, -0.25) is 14.4 Å². The molecule has 0 saturated heterocycles. The number of benzene rings is 3. The predicted molar refractivity (Wildman–Crippen MR) is 153 cm³/mol. The minimum atomic E-state index is -1.17. The first-order valence-electron chi connectivity index (χ1n) is 12.3. The van der Waals surface area contributed by atoms with E-state index in [1.807, 2.05) is 37.3 Å². The molecule has 0 bridgehead atoms. The summed E-state index contributed by atoms with van der Waals surface area (Å²) in [5, 5.41) is 15.3. The molecule has 0 aliphatic carbocycles. The molecule has 7 nitrogen and oxygen atoms in total. The van der Waals surface area contributed by atoms with Crippen molar-refractivity contribution in [2.45, 2.75) is 43.6 Å². The summed E-state index contributed by atoms with van der Waals surface area (Å²) >= 11 is 7.49. The number of hydrogen-bond acceptors (Lipinski definition) is 5. The van der Waals surface area contributed by atoms with Crippen LogP contribution in [0.5, 0.6) is 0 Å². The number of hydrogen-bond donors (Lipinski definition) is 4. The SMILES string of the molecule is C[C@H](NC(=O)[C@H](CSCc1ccc(-c2ccccc2)cc1)NC(=O)CC[C@H](N)C(=O)O)c1ccc(Cl)cc1. The van der Waals surface area contributed by atoms with Crippen LogP contribution in [0, 0.1) is 0 Å². The van der Waals surface area contributed by atoms with Gasteiger partial charge in [-0.1, -0.05) is 78.3 Å². The molecule has 0 radical (unpaired) electrons. The Balaban J connectivity index is 1.61. The molecule has 0 saturated carbocycles. The van der Waals surface area contributed by atoms with Gasteiger partial charge < -0.3 is 21.5 Å². The van der Waals surface area contributed by atoms with Gasteiger partial charge in [-0.2, -0.15) is 11.8 Å². The van der Waals surface area contributed by atoms with E-state index in [0.717, 1.165) is 22.3 Å². The molecule has 5 N–H and O–H groups in total. The maximum atomic E-state index is 13.1. The van der Waals surface area contributed by atoms with Crippen LogP contribution in [0.2, 0.25) is 5.02 Å². The molecule has 0 aliphatic rings. The zero-order valence-electron chi connectivity index (χ0n) is 21.1. The number of carboxylic acids is 1. The van der Waals surface area contributed by atoms with Gasteiger partial charge in [0, 0.05) is 22.9 Å². The molecule has 0 fully saturated rings. The number of thioether (sulfide) groups is 1. The van der Waals surface area contributed by atoms with Gasteiger partial charge in [0.25, 0.3) is 0 Å². The lowest BCUT2D eigenvalue weighted by molar-refractivity contribution is -0.138. The third-order valence-electron chi connectivity index (χ3n) is 5.99. The summed E-state index contributed by atoms with van der Waals surface area (Å²) in [6, 6.07) is 23.3. The zero-order chi connectivity index (χ0) is 27.5. The molecule has 0 unspecified atom stereocenters. The highest BCUT2D eigenvalue weighted by atomic mass is 35.5. The molecule has 0 aliphatic heterocycles. The van der Waals surface area contributed by atoms with E-state index < -0.39 is 24.0 Å². The maximum Gasteiger partial charge on any atom is 0.320 e. The van der Waals surface area contributed by atoms with Crippen molar-refractivity contribution in [2.24, 2.45) is 5.73 Å². The molecule has 0 heterocycles. The molecule has 200 valence electrons. The fourth-order valence-electron chi connectivity index (χ4n) is 3.73. The van der Waals surface area contributed by atoms with Gasteiger partial charge in [-0.25, -0.2) is 0 Å². The van der Waals surface area contributed by atoms with Crippen LogP contribution in [-0.4, -0.2) is 40.7 Å². The number of nitrogens with one attached hydrogen (secondary N) is 2. The second-order valence-electron chi connectivity index (χ2n) is 8.96. The first kappa shape index (κ1) is 29.2. The van der Waals surface area contributed by atoms with E-state index in [-0.39, 0.29) is 24.8 Å². The van der Waals surface area contributed by atoms with Gasteiger partial charge in [0.1, 0.15) is 12.1 Å². The van der Waals surface area contributed by atoms with E-state index >= 15 is 0 Å². The average molecular weight is 554 g/mol. The summed E-state index contributed by atoms with van der Waals surface area (Å²) in [6.07, 6.45) is -0.104. The summed E-state index contributed by atoms with van der Waals surface area (Å²) in [5.41, 5.74) is 9.76. The summed E-state index contributed by atoms with van der Waals surface area (Å²) in [4.78, 5) is 36.6. The Morgan fingerprint density at radius 3 is 2.18 bits per heavy atom. The van der Waals surface area contributed by atoms with Crippen molar-refractivity contribution in [3.63, 3.8) is 0 Å². The monoisotopic (exact) mass is 553 g/mol. The second-order valence-corrected chi connectivity index (χ2v) is 10.4. The highest BCUT2D eigenvalue weighted by Crippen LogP contribution is 2.22. The number of halogens is 1. The maximum absolute atomic E-state index is 13.1. The smallest absolute Gasteiger partial charge is 0.320 e. The molecule has 3 aromatic rings. The van der Waals surface area contributed by atoms with Gasteiger partial charge in [-0.15, -0.1) is 0 Å². The highest BCUT2D eigenvalue weighted by Gasteiger charge is 2.23. The number of nitrogens with two attached hydrogens (primary N) is 1. The van der Waals surface area contributed by atoms with Gasteiger partial charge in [0.05, 0.1) is 6.04 Å². The van der Waals surface area contributed by atoms with Crippen molar-refractivity contribution in [3.05, 3.63) is 95.0 Å². The number of rotatable bonds is 13. The first-order chi connectivity index (χ1) is 18.2. The quantitative estimate of drug-likeness (QED) is 0.241. The second kappa shape index (κ2) is 14.6. The van der Waals surface area contributed by atoms with E-state index in [9.17, 15) is 14.4 Å². The normalized spacial score (nSPS) is 13.2. The topological polar surface area (TPSA) is 122 Å².